The minimum atomic E-state index is 0.0189. The molecule has 0 bridgehead atoms. The Kier molecular flexibility index (Phi) is 4.76. The molecule has 1 fully saturated rings. The van der Waals surface area contributed by atoms with Crippen molar-refractivity contribution in [3.8, 4) is 0 Å². The molecule has 1 saturated carbocycles. The highest BCUT2D eigenvalue weighted by atomic mass is 16.3. The summed E-state index contributed by atoms with van der Waals surface area (Å²) in [6, 6.07) is 10.6. The first-order chi connectivity index (χ1) is 8.81. The molecule has 98 valence electrons. The van der Waals surface area contributed by atoms with E-state index in [2.05, 4.69) is 29.6 Å². The van der Waals surface area contributed by atoms with Crippen molar-refractivity contribution < 1.29 is 9.90 Å². The van der Waals surface area contributed by atoms with Gasteiger partial charge in [-0.2, -0.15) is 0 Å². The molecule has 0 heterocycles. The first-order valence-corrected chi connectivity index (χ1v) is 6.74. The monoisotopic (exact) mass is 247 g/mol. The fraction of sp³-hybridized carbons (Fsp3) is 0.533. The van der Waals surface area contributed by atoms with E-state index in [1.165, 1.54) is 5.56 Å². The summed E-state index contributed by atoms with van der Waals surface area (Å²) in [5, 5.41) is 11.5. The average molecular weight is 247 g/mol. The Labute approximate surface area is 108 Å². The molecule has 1 aromatic carbocycles. The molecular weight excluding hydrogens is 226 g/mol. The van der Waals surface area contributed by atoms with Gasteiger partial charge in [-0.3, -0.25) is 4.79 Å². The van der Waals surface area contributed by atoms with Gasteiger partial charge in [0.05, 0.1) is 6.61 Å². The minimum absolute atomic E-state index is 0.0189. The maximum Gasteiger partial charge on any atom is 0.223 e. The molecule has 1 amide bonds. The van der Waals surface area contributed by atoms with E-state index in [0.717, 1.165) is 25.7 Å². The Bertz CT molecular complexity index is 369. The van der Waals surface area contributed by atoms with Gasteiger partial charge in [0.2, 0.25) is 5.91 Å². The van der Waals surface area contributed by atoms with Crippen molar-refractivity contribution >= 4 is 5.91 Å². The number of carbonyl (C=O) groups excluding carboxylic acids is 1. The van der Waals surface area contributed by atoms with Gasteiger partial charge < -0.3 is 10.4 Å². The third-order valence-corrected chi connectivity index (χ3v) is 3.78. The molecule has 3 nitrogen and oxygen atoms in total. The quantitative estimate of drug-likeness (QED) is 0.855. The Morgan fingerprint density at radius 1 is 1.17 bits per heavy atom. The summed E-state index contributed by atoms with van der Waals surface area (Å²) in [5.41, 5.74) is 1.40. The van der Waals surface area contributed by atoms with Crippen LogP contribution >= 0.6 is 0 Å². The van der Waals surface area contributed by atoms with Gasteiger partial charge in [0, 0.05) is 12.5 Å². The lowest BCUT2D eigenvalue weighted by molar-refractivity contribution is -0.126. The standard InChI is InChI=1S/C15H21NO2/c17-11-10-16-15(18)14-8-6-13(7-9-14)12-4-2-1-3-5-12/h1-5,13-14,17H,6-11H2,(H,16,18). The van der Waals surface area contributed by atoms with Crippen molar-refractivity contribution in [3.63, 3.8) is 0 Å². The van der Waals surface area contributed by atoms with Gasteiger partial charge >= 0.3 is 0 Å². The third-order valence-electron chi connectivity index (χ3n) is 3.78. The van der Waals surface area contributed by atoms with E-state index < -0.39 is 0 Å². The largest absolute Gasteiger partial charge is 0.395 e. The zero-order valence-corrected chi connectivity index (χ0v) is 10.6. The Balaban J connectivity index is 1.83. The summed E-state index contributed by atoms with van der Waals surface area (Å²) in [6.07, 6.45) is 4.08. The molecule has 1 aliphatic carbocycles. The second-order valence-electron chi connectivity index (χ2n) is 4.97. The van der Waals surface area contributed by atoms with Gasteiger partial charge in [-0.25, -0.2) is 0 Å². The molecule has 0 atom stereocenters. The fourth-order valence-electron chi connectivity index (χ4n) is 2.74. The highest BCUT2D eigenvalue weighted by Gasteiger charge is 2.26. The number of carbonyl (C=O) groups is 1. The van der Waals surface area contributed by atoms with Gasteiger partial charge in [-0.15, -0.1) is 0 Å². The number of benzene rings is 1. The predicted octanol–water partition coefficient (Wildman–Crippen LogP) is 2.07. The van der Waals surface area contributed by atoms with E-state index in [1.54, 1.807) is 0 Å². The van der Waals surface area contributed by atoms with E-state index in [-0.39, 0.29) is 18.4 Å². The minimum Gasteiger partial charge on any atom is -0.395 e. The number of hydrogen-bond acceptors (Lipinski definition) is 2. The zero-order chi connectivity index (χ0) is 12.8. The van der Waals surface area contributed by atoms with Crippen LogP contribution in [-0.4, -0.2) is 24.2 Å². The molecule has 0 aliphatic heterocycles. The molecule has 0 radical (unpaired) electrons. The molecular formula is C15H21NO2. The van der Waals surface area contributed by atoms with Crippen molar-refractivity contribution in [1.82, 2.24) is 5.32 Å². The number of aliphatic hydroxyl groups excluding tert-OH is 1. The molecule has 1 aromatic rings. The Morgan fingerprint density at radius 3 is 2.44 bits per heavy atom. The van der Waals surface area contributed by atoms with E-state index in [1.807, 2.05) is 6.07 Å². The number of aliphatic hydroxyl groups is 1. The van der Waals surface area contributed by atoms with Gasteiger partial charge in [0.1, 0.15) is 0 Å². The molecule has 0 unspecified atom stereocenters. The SMILES string of the molecule is O=C(NCCO)C1CCC(c2ccccc2)CC1. The lowest BCUT2D eigenvalue weighted by atomic mass is 9.78. The van der Waals surface area contributed by atoms with Crippen LogP contribution in [-0.2, 0) is 4.79 Å². The van der Waals surface area contributed by atoms with Crippen molar-refractivity contribution in [3.05, 3.63) is 35.9 Å². The van der Waals surface area contributed by atoms with E-state index in [9.17, 15) is 4.79 Å². The first-order valence-electron chi connectivity index (χ1n) is 6.74. The Hall–Kier alpha value is -1.35. The molecule has 2 N–H and O–H groups in total. The zero-order valence-electron chi connectivity index (χ0n) is 10.6. The van der Waals surface area contributed by atoms with Crippen LogP contribution in [0, 0.1) is 5.92 Å². The average Bonchev–Trinajstić information content (AvgIpc) is 2.46. The van der Waals surface area contributed by atoms with Crippen molar-refractivity contribution in [2.45, 2.75) is 31.6 Å². The van der Waals surface area contributed by atoms with E-state index >= 15 is 0 Å². The maximum absolute atomic E-state index is 11.8. The van der Waals surface area contributed by atoms with Crippen molar-refractivity contribution in [1.29, 1.82) is 0 Å². The van der Waals surface area contributed by atoms with Crippen molar-refractivity contribution in [2.24, 2.45) is 5.92 Å². The van der Waals surface area contributed by atoms with Crippen LogP contribution in [0.4, 0.5) is 0 Å². The highest BCUT2D eigenvalue weighted by molar-refractivity contribution is 5.78. The van der Waals surface area contributed by atoms with Gasteiger partial charge in [0.25, 0.3) is 0 Å². The number of amides is 1. The summed E-state index contributed by atoms with van der Waals surface area (Å²) < 4.78 is 0. The number of hydrogen-bond donors (Lipinski definition) is 2. The second kappa shape index (κ2) is 6.55. The van der Waals surface area contributed by atoms with Crippen LogP contribution in [0.15, 0.2) is 30.3 Å². The summed E-state index contributed by atoms with van der Waals surface area (Å²) >= 11 is 0. The summed E-state index contributed by atoms with van der Waals surface area (Å²) in [5.74, 6) is 0.847. The summed E-state index contributed by atoms with van der Waals surface area (Å²) in [6.45, 7) is 0.391. The molecule has 0 saturated heterocycles. The number of nitrogens with one attached hydrogen (secondary N) is 1. The number of rotatable bonds is 4. The lowest BCUT2D eigenvalue weighted by Gasteiger charge is -2.28. The normalized spacial score (nSPS) is 23.6. The Morgan fingerprint density at radius 2 is 1.83 bits per heavy atom. The smallest absolute Gasteiger partial charge is 0.223 e. The third kappa shape index (κ3) is 3.33. The van der Waals surface area contributed by atoms with Crippen LogP contribution in [0.25, 0.3) is 0 Å². The molecule has 1 aliphatic rings. The lowest BCUT2D eigenvalue weighted by Crippen LogP contribution is -2.34. The van der Waals surface area contributed by atoms with Crippen LogP contribution in [0.3, 0.4) is 0 Å². The van der Waals surface area contributed by atoms with E-state index in [0.29, 0.717) is 12.5 Å². The molecule has 0 aromatic heterocycles. The fourth-order valence-corrected chi connectivity index (χ4v) is 2.74. The van der Waals surface area contributed by atoms with Crippen LogP contribution in [0.1, 0.15) is 37.2 Å². The van der Waals surface area contributed by atoms with Crippen LogP contribution < -0.4 is 5.32 Å². The summed E-state index contributed by atoms with van der Waals surface area (Å²) in [7, 11) is 0. The van der Waals surface area contributed by atoms with Crippen molar-refractivity contribution in [2.75, 3.05) is 13.2 Å². The second-order valence-corrected chi connectivity index (χ2v) is 4.97. The molecule has 3 heteroatoms. The van der Waals surface area contributed by atoms with E-state index in [4.69, 9.17) is 5.11 Å². The molecule has 0 spiro atoms. The molecule has 2 rings (SSSR count). The first kappa shape index (κ1) is 13.1. The highest BCUT2D eigenvalue weighted by Crippen LogP contribution is 2.35. The van der Waals surface area contributed by atoms with Gasteiger partial charge in [-0.1, -0.05) is 30.3 Å². The van der Waals surface area contributed by atoms with Gasteiger partial charge in [0.15, 0.2) is 0 Å². The molecule has 18 heavy (non-hydrogen) atoms. The maximum atomic E-state index is 11.8. The predicted molar refractivity (Wildman–Crippen MR) is 71.2 cm³/mol. The topological polar surface area (TPSA) is 49.3 Å². The van der Waals surface area contributed by atoms with Crippen LogP contribution in [0.2, 0.25) is 0 Å². The van der Waals surface area contributed by atoms with Gasteiger partial charge in [-0.05, 0) is 37.2 Å². The van der Waals surface area contributed by atoms with Crippen LogP contribution in [0.5, 0.6) is 0 Å². The summed E-state index contributed by atoms with van der Waals surface area (Å²) in [4.78, 5) is 11.8.